The Kier molecular flexibility index (Phi) is 6.16. The topological polar surface area (TPSA) is 38.3 Å². The van der Waals surface area contributed by atoms with Crippen LogP contribution in [0.15, 0.2) is 18.2 Å². The number of hydrogen-bond donors (Lipinski definition) is 1. The maximum atomic E-state index is 11.4. The van der Waals surface area contributed by atoms with E-state index in [9.17, 15) is 4.79 Å². The Morgan fingerprint density at radius 2 is 2.00 bits per heavy atom. The molecule has 1 aromatic rings. The fourth-order valence-electron chi connectivity index (χ4n) is 1.21. The Balaban J connectivity index is 2.42. The third-order valence-electron chi connectivity index (χ3n) is 2.12. The first-order valence-corrected chi connectivity index (χ1v) is 6.24. The number of unbranched alkanes of at least 4 members (excludes halogenated alkanes) is 1. The van der Waals surface area contributed by atoms with Crippen LogP contribution in [0.4, 0.5) is 0 Å². The van der Waals surface area contributed by atoms with Crippen molar-refractivity contribution in [3.63, 3.8) is 0 Å². The highest BCUT2D eigenvalue weighted by molar-refractivity contribution is 6.37. The second-order valence-electron chi connectivity index (χ2n) is 3.54. The Bertz CT molecular complexity index is 363. The fourth-order valence-corrected chi connectivity index (χ4v) is 1.72. The number of nitrogens with one attached hydrogen (secondary N) is 1. The molecule has 17 heavy (non-hydrogen) atoms. The molecule has 0 bridgehead atoms. The van der Waals surface area contributed by atoms with Gasteiger partial charge in [0, 0.05) is 6.54 Å². The standard InChI is InChI=1S/C12H15Cl2NO2/c1-2-3-7-15-11(16)8-17-12-9(13)5-4-6-10(12)14/h4-6H,2-3,7-8H2,1H3,(H,15,16). The number of rotatable bonds is 6. The van der Waals surface area contributed by atoms with Gasteiger partial charge in [-0.05, 0) is 18.6 Å². The van der Waals surface area contributed by atoms with E-state index in [4.69, 9.17) is 27.9 Å². The molecule has 0 aromatic heterocycles. The highest BCUT2D eigenvalue weighted by atomic mass is 35.5. The lowest BCUT2D eigenvalue weighted by Crippen LogP contribution is -2.29. The summed E-state index contributed by atoms with van der Waals surface area (Å²) in [5, 5.41) is 3.55. The van der Waals surface area contributed by atoms with Gasteiger partial charge in [0.25, 0.3) is 5.91 Å². The Morgan fingerprint density at radius 3 is 2.59 bits per heavy atom. The van der Waals surface area contributed by atoms with Crippen molar-refractivity contribution in [2.24, 2.45) is 0 Å². The first-order valence-electron chi connectivity index (χ1n) is 5.48. The maximum absolute atomic E-state index is 11.4. The van der Waals surface area contributed by atoms with Crippen LogP contribution in [0, 0.1) is 0 Å². The molecule has 0 saturated carbocycles. The minimum absolute atomic E-state index is 0.0762. The molecule has 0 unspecified atom stereocenters. The van der Waals surface area contributed by atoms with Crippen LogP contribution in [-0.4, -0.2) is 19.1 Å². The van der Waals surface area contributed by atoms with Crippen molar-refractivity contribution in [1.29, 1.82) is 0 Å². The predicted octanol–water partition coefficient (Wildman–Crippen LogP) is 3.29. The van der Waals surface area contributed by atoms with Gasteiger partial charge in [0.2, 0.25) is 0 Å². The van der Waals surface area contributed by atoms with Crippen LogP contribution in [0.5, 0.6) is 5.75 Å². The second kappa shape index (κ2) is 7.41. The van der Waals surface area contributed by atoms with Gasteiger partial charge >= 0.3 is 0 Å². The van der Waals surface area contributed by atoms with Crippen molar-refractivity contribution < 1.29 is 9.53 Å². The van der Waals surface area contributed by atoms with Crippen molar-refractivity contribution in [1.82, 2.24) is 5.32 Å². The summed E-state index contributed by atoms with van der Waals surface area (Å²) in [4.78, 5) is 11.4. The minimum atomic E-state index is -0.172. The molecule has 0 aliphatic carbocycles. The smallest absolute Gasteiger partial charge is 0.257 e. The molecule has 0 heterocycles. The third kappa shape index (κ3) is 4.84. The SMILES string of the molecule is CCCCNC(=O)COc1c(Cl)cccc1Cl. The van der Waals surface area contributed by atoms with E-state index in [0.717, 1.165) is 12.8 Å². The number of carbonyl (C=O) groups is 1. The molecule has 0 spiro atoms. The van der Waals surface area contributed by atoms with Crippen LogP contribution in [0.1, 0.15) is 19.8 Å². The average molecular weight is 276 g/mol. The minimum Gasteiger partial charge on any atom is -0.481 e. The van der Waals surface area contributed by atoms with Gasteiger partial charge in [-0.2, -0.15) is 0 Å². The normalized spacial score (nSPS) is 10.1. The fraction of sp³-hybridized carbons (Fsp3) is 0.417. The van der Waals surface area contributed by atoms with Gasteiger partial charge in [-0.25, -0.2) is 0 Å². The van der Waals surface area contributed by atoms with Crippen molar-refractivity contribution in [3.8, 4) is 5.75 Å². The van der Waals surface area contributed by atoms with Crippen molar-refractivity contribution in [2.45, 2.75) is 19.8 Å². The van der Waals surface area contributed by atoms with E-state index in [0.29, 0.717) is 22.3 Å². The zero-order valence-electron chi connectivity index (χ0n) is 9.63. The molecule has 94 valence electrons. The molecule has 5 heteroatoms. The van der Waals surface area contributed by atoms with Crippen LogP contribution >= 0.6 is 23.2 Å². The van der Waals surface area contributed by atoms with Crippen LogP contribution < -0.4 is 10.1 Å². The van der Waals surface area contributed by atoms with Crippen LogP contribution in [0.2, 0.25) is 10.0 Å². The zero-order valence-corrected chi connectivity index (χ0v) is 11.1. The van der Waals surface area contributed by atoms with E-state index >= 15 is 0 Å². The van der Waals surface area contributed by atoms with Gasteiger partial charge in [0.1, 0.15) is 0 Å². The summed E-state index contributed by atoms with van der Waals surface area (Å²) >= 11 is 11.8. The third-order valence-corrected chi connectivity index (χ3v) is 2.71. The number of ether oxygens (including phenoxy) is 1. The lowest BCUT2D eigenvalue weighted by molar-refractivity contribution is -0.123. The summed E-state index contributed by atoms with van der Waals surface area (Å²) in [5.74, 6) is 0.177. The first kappa shape index (κ1) is 14.1. The van der Waals surface area contributed by atoms with Gasteiger partial charge in [-0.1, -0.05) is 42.6 Å². The molecule has 3 nitrogen and oxygen atoms in total. The average Bonchev–Trinajstić information content (AvgIpc) is 2.29. The molecule has 0 aliphatic heterocycles. The van der Waals surface area contributed by atoms with E-state index in [1.165, 1.54) is 0 Å². The van der Waals surface area contributed by atoms with E-state index in [1.807, 2.05) is 0 Å². The summed E-state index contributed by atoms with van der Waals surface area (Å²) in [6, 6.07) is 5.05. The lowest BCUT2D eigenvalue weighted by atomic mass is 10.3. The first-order chi connectivity index (χ1) is 8.15. The number of carbonyl (C=O) groups excluding carboxylic acids is 1. The van der Waals surface area contributed by atoms with Crippen LogP contribution in [0.25, 0.3) is 0 Å². The number of para-hydroxylation sites is 1. The van der Waals surface area contributed by atoms with E-state index in [1.54, 1.807) is 18.2 Å². The number of hydrogen-bond acceptors (Lipinski definition) is 2. The van der Waals surface area contributed by atoms with E-state index in [2.05, 4.69) is 12.2 Å². The van der Waals surface area contributed by atoms with Crippen molar-refractivity contribution in [3.05, 3.63) is 28.2 Å². The number of amides is 1. The second-order valence-corrected chi connectivity index (χ2v) is 4.36. The molecular weight excluding hydrogens is 261 g/mol. The molecule has 1 rings (SSSR count). The summed E-state index contributed by atoms with van der Waals surface area (Å²) in [6.07, 6.45) is 2.00. The number of halogens is 2. The monoisotopic (exact) mass is 275 g/mol. The Hall–Kier alpha value is -0.930. The number of benzene rings is 1. The van der Waals surface area contributed by atoms with Gasteiger partial charge < -0.3 is 10.1 Å². The molecular formula is C12H15Cl2NO2. The summed E-state index contributed by atoms with van der Waals surface area (Å²) in [7, 11) is 0. The molecule has 1 amide bonds. The molecule has 0 aliphatic rings. The summed E-state index contributed by atoms with van der Waals surface area (Å²) in [5.41, 5.74) is 0. The van der Waals surface area contributed by atoms with Crippen LogP contribution in [-0.2, 0) is 4.79 Å². The van der Waals surface area contributed by atoms with Gasteiger partial charge in [0.05, 0.1) is 10.0 Å². The van der Waals surface area contributed by atoms with Crippen molar-refractivity contribution in [2.75, 3.05) is 13.2 Å². The largest absolute Gasteiger partial charge is 0.481 e. The Morgan fingerprint density at radius 1 is 1.35 bits per heavy atom. The van der Waals surface area contributed by atoms with Gasteiger partial charge in [-0.15, -0.1) is 0 Å². The maximum Gasteiger partial charge on any atom is 0.257 e. The quantitative estimate of drug-likeness (QED) is 0.810. The lowest BCUT2D eigenvalue weighted by Gasteiger charge is -2.09. The molecule has 0 fully saturated rings. The Labute approximate surface area is 111 Å². The molecule has 0 radical (unpaired) electrons. The van der Waals surface area contributed by atoms with Crippen molar-refractivity contribution >= 4 is 29.1 Å². The summed E-state index contributed by atoms with van der Waals surface area (Å²) in [6.45, 7) is 2.65. The summed E-state index contributed by atoms with van der Waals surface area (Å²) < 4.78 is 5.28. The predicted molar refractivity (Wildman–Crippen MR) is 69.9 cm³/mol. The molecule has 1 N–H and O–H groups in total. The van der Waals surface area contributed by atoms with Gasteiger partial charge in [0.15, 0.2) is 12.4 Å². The molecule has 1 aromatic carbocycles. The highest BCUT2D eigenvalue weighted by Gasteiger charge is 2.08. The molecule has 0 saturated heterocycles. The van der Waals surface area contributed by atoms with Gasteiger partial charge in [-0.3, -0.25) is 4.79 Å². The van der Waals surface area contributed by atoms with Crippen LogP contribution in [0.3, 0.4) is 0 Å². The zero-order chi connectivity index (χ0) is 12.7. The molecule has 0 atom stereocenters. The van der Waals surface area contributed by atoms with E-state index in [-0.39, 0.29) is 12.5 Å². The van der Waals surface area contributed by atoms with E-state index < -0.39 is 0 Å². The highest BCUT2D eigenvalue weighted by Crippen LogP contribution is 2.32.